The molecule has 0 amide bonds. The molecule has 27 heavy (non-hydrogen) atoms. The van der Waals surface area contributed by atoms with Gasteiger partial charge in [0.1, 0.15) is 5.75 Å². The molecule has 3 aromatic rings. The number of aliphatic carboxylic acids is 1. The van der Waals surface area contributed by atoms with Crippen LogP contribution >= 0.6 is 0 Å². The highest BCUT2D eigenvalue weighted by molar-refractivity contribution is 5.81. The monoisotopic (exact) mass is 367 g/mol. The van der Waals surface area contributed by atoms with Crippen LogP contribution in [-0.2, 0) is 4.79 Å². The fraction of sp³-hybridized carbons (Fsp3) is 0.250. The van der Waals surface area contributed by atoms with Crippen LogP contribution in [0.2, 0.25) is 0 Å². The number of fused-ring (bicyclic) bond motifs is 1. The molecule has 0 spiro atoms. The van der Waals surface area contributed by atoms with Crippen molar-refractivity contribution < 1.29 is 19.0 Å². The molecule has 1 aliphatic heterocycles. The van der Waals surface area contributed by atoms with Crippen LogP contribution in [0.4, 0.5) is 10.2 Å². The van der Waals surface area contributed by atoms with E-state index in [1.807, 2.05) is 12.1 Å². The summed E-state index contributed by atoms with van der Waals surface area (Å²) >= 11 is 0. The first kappa shape index (κ1) is 17.2. The number of rotatable bonds is 4. The second-order valence-corrected chi connectivity index (χ2v) is 6.56. The summed E-state index contributed by atoms with van der Waals surface area (Å²) in [4.78, 5) is 22.1. The van der Waals surface area contributed by atoms with Gasteiger partial charge in [0.15, 0.2) is 11.6 Å². The summed E-state index contributed by atoms with van der Waals surface area (Å²) in [5.74, 6) is -0.707. The lowest BCUT2D eigenvalue weighted by atomic mass is 9.91. The predicted molar refractivity (Wildman–Crippen MR) is 98.4 cm³/mol. The van der Waals surface area contributed by atoms with Gasteiger partial charge in [0.25, 0.3) is 0 Å². The maximum absolute atomic E-state index is 14.0. The molecule has 0 radical (unpaired) electrons. The number of carboxylic acids is 1. The van der Waals surface area contributed by atoms with Gasteiger partial charge in [-0.25, -0.2) is 14.2 Å². The molecule has 0 saturated carbocycles. The van der Waals surface area contributed by atoms with Crippen molar-refractivity contribution in [1.29, 1.82) is 0 Å². The number of anilines is 1. The molecule has 0 aliphatic carbocycles. The number of pyridine rings is 2. The van der Waals surface area contributed by atoms with Gasteiger partial charge in [-0.15, -0.1) is 0 Å². The summed E-state index contributed by atoms with van der Waals surface area (Å²) < 4.78 is 19.9. The quantitative estimate of drug-likeness (QED) is 0.763. The Labute approximate surface area is 155 Å². The molecular formula is C20H18FN3O3. The molecule has 2 aromatic heterocycles. The molecule has 1 N–H and O–H groups in total. The average Bonchev–Trinajstić information content (AvgIpc) is 2.69. The van der Waals surface area contributed by atoms with Crippen molar-refractivity contribution >= 4 is 22.7 Å². The van der Waals surface area contributed by atoms with E-state index in [1.54, 1.807) is 29.3 Å². The molecule has 6 nitrogen and oxygen atoms in total. The smallest absolute Gasteiger partial charge is 0.348 e. The van der Waals surface area contributed by atoms with Crippen molar-refractivity contribution in [1.82, 2.24) is 9.97 Å². The molecule has 4 rings (SSSR count). The molecule has 1 saturated heterocycles. The largest absolute Gasteiger partial charge is 0.478 e. The average molecular weight is 367 g/mol. The van der Waals surface area contributed by atoms with Crippen LogP contribution in [0.3, 0.4) is 0 Å². The van der Waals surface area contributed by atoms with Gasteiger partial charge in [0.05, 0.1) is 5.52 Å². The maximum atomic E-state index is 14.0. The molecule has 1 aliphatic rings. The molecule has 0 atom stereocenters. The SMILES string of the molecule is O=C(O)C1(Oc2ccc3ncccc3c2)CCN(c2ncccc2F)CC1. The molecular weight excluding hydrogens is 349 g/mol. The second kappa shape index (κ2) is 6.83. The summed E-state index contributed by atoms with van der Waals surface area (Å²) in [7, 11) is 0. The third-order valence-electron chi connectivity index (χ3n) is 4.89. The molecule has 138 valence electrons. The van der Waals surface area contributed by atoms with Gasteiger partial charge in [-0.05, 0) is 36.4 Å². The van der Waals surface area contributed by atoms with Gasteiger partial charge in [0.2, 0.25) is 5.60 Å². The molecule has 0 unspecified atom stereocenters. The van der Waals surface area contributed by atoms with Crippen molar-refractivity contribution in [3.05, 3.63) is 60.7 Å². The number of halogens is 1. The number of piperidine rings is 1. The Morgan fingerprint density at radius 2 is 1.85 bits per heavy atom. The third-order valence-corrected chi connectivity index (χ3v) is 4.89. The number of aromatic nitrogens is 2. The zero-order valence-corrected chi connectivity index (χ0v) is 14.5. The van der Waals surface area contributed by atoms with E-state index in [0.29, 0.717) is 18.8 Å². The highest BCUT2D eigenvalue weighted by Gasteiger charge is 2.44. The highest BCUT2D eigenvalue weighted by atomic mass is 19.1. The first-order chi connectivity index (χ1) is 13.1. The van der Waals surface area contributed by atoms with Gasteiger partial charge in [-0.1, -0.05) is 6.07 Å². The van der Waals surface area contributed by atoms with E-state index in [-0.39, 0.29) is 18.7 Å². The lowest BCUT2D eigenvalue weighted by Gasteiger charge is -2.39. The Balaban J connectivity index is 1.55. The Bertz CT molecular complexity index is 987. The van der Waals surface area contributed by atoms with Gasteiger partial charge < -0.3 is 14.7 Å². The molecule has 3 heterocycles. The van der Waals surface area contributed by atoms with Gasteiger partial charge in [-0.3, -0.25) is 4.98 Å². The van der Waals surface area contributed by atoms with Crippen molar-refractivity contribution in [3.8, 4) is 5.75 Å². The van der Waals surface area contributed by atoms with Crippen molar-refractivity contribution in [3.63, 3.8) is 0 Å². The number of carboxylic acid groups (broad SMARTS) is 1. The molecule has 1 fully saturated rings. The fourth-order valence-corrected chi connectivity index (χ4v) is 3.39. The minimum absolute atomic E-state index is 0.226. The zero-order chi connectivity index (χ0) is 18.9. The van der Waals surface area contributed by atoms with Gasteiger partial charge in [0, 0.05) is 43.7 Å². The topological polar surface area (TPSA) is 75.6 Å². The van der Waals surface area contributed by atoms with E-state index >= 15 is 0 Å². The van der Waals surface area contributed by atoms with Crippen molar-refractivity contribution in [2.24, 2.45) is 0 Å². The van der Waals surface area contributed by atoms with Gasteiger partial charge >= 0.3 is 5.97 Å². The van der Waals surface area contributed by atoms with Crippen LogP contribution in [-0.4, -0.2) is 39.7 Å². The van der Waals surface area contributed by atoms with Crippen molar-refractivity contribution in [2.45, 2.75) is 18.4 Å². The standard InChI is InChI=1S/C20H18FN3O3/c21-16-4-2-10-23-18(16)24-11-7-20(8-12-24,19(25)26)27-15-5-6-17-14(13-15)3-1-9-22-17/h1-6,9-10,13H,7-8,11-12H2,(H,25,26). The zero-order valence-electron chi connectivity index (χ0n) is 14.5. The van der Waals surface area contributed by atoms with Crippen LogP contribution in [0.5, 0.6) is 5.75 Å². The maximum Gasteiger partial charge on any atom is 0.348 e. The number of hydrogen-bond acceptors (Lipinski definition) is 5. The summed E-state index contributed by atoms with van der Waals surface area (Å²) in [6.45, 7) is 0.685. The van der Waals surface area contributed by atoms with E-state index in [4.69, 9.17) is 4.74 Å². The Morgan fingerprint density at radius 3 is 2.59 bits per heavy atom. The van der Waals surface area contributed by atoms with E-state index in [2.05, 4.69) is 9.97 Å². The molecule has 0 bridgehead atoms. The number of nitrogens with zero attached hydrogens (tertiary/aromatic N) is 3. The van der Waals surface area contributed by atoms with E-state index < -0.39 is 17.4 Å². The highest BCUT2D eigenvalue weighted by Crippen LogP contribution is 2.32. The first-order valence-corrected chi connectivity index (χ1v) is 8.70. The van der Waals surface area contributed by atoms with Crippen LogP contribution in [0.25, 0.3) is 10.9 Å². The third kappa shape index (κ3) is 3.28. The Morgan fingerprint density at radius 1 is 1.11 bits per heavy atom. The summed E-state index contributed by atoms with van der Waals surface area (Å²) in [6.07, 6.45) is 3.68. The number of carbonyl (C=O) groups is 1. The van der Waals surface area contributed by atoms with E-state index in [0.717, 1.165) is 10.9 Å². The van der Waals surface area contributed by atoms with Gasteiger partial charge in [-0.2, -0.15) is 0 Å². The summed E-state index contributed by atoms with van der Waals surface area (Å²) in [5, 5.41) is 10.7. The number of hydrogen-bond donors (Lipinski definition) is 1. The van der Waals surface area contributed by atoms with E-state index in [1.165, 1.54) is 18.3 Å². The Hall–Kier alpha value is -3.22. The summed E-state index contributed by atoms with van der Waals surface area (Å²) in [6, 6.07) is 11.9. The minimum Gasteiger partial charge on any atom is -0.478 e. The number of benzene rings is 1. The summed E-state index contributed by atoms with van der Waals surface area (Å²) in [5.41, 5.74) is -0.535. The minimum atomic E-state index is -1.35. The van der Waals surface area contributed by atoms with Crippen LogP contribution in [0.15, 0.2) is 54.9 Å². The van der Waals surface area contributed by atoms with E-state index in [9.17, 15) is 14.3 Å². The first-order valence-electron chi connectivity index (χ1n) is 8.70. The Kier molecular flexibility index (Phi) is 4.35. The normalized spacial score (nSPS) is 16.3. The van der Waals surface area contributed by atoms with Crippen molar-refractivity contribution in [2.75, 3.05) is 18.0 Å². The predicted octanol–water partition coefficient (Wildman–Crippen LogP) is 3.27. The number of ether oxygens (including phenoxy) is 1. The lowest BCUT2D eigenvalue weighted by molar-refractivity contribution is -0.157. The van der Waals surface area contributed by atoms with Crippen LogP contribution < -0.4 is 9.64 Å². The second-order valence-electron chi connectivity index (χ2n) is 6.56. The molecule has 7 heteroatoms. The fourth-order valence-electron chi connectivity index (χ4n) is 3.39. The van der Waals surface area contributed by atoms with Crippen LogP contribution in [0, 0.1) is 5.82 Å². The van der Waals surface area contributed by atoms with Crippen LogP contribution in [0.1, 0.15) is 12.8 Å². The molecule has 1 aromatic carbocycles. The lowest BCUT2D eigenvalue weighted by Crippen LogP contribution is -2.53.